The lowest BCUT2D eigenvalue weighted by Crippen LogP contribution is -2.43. The second-order valence-electron chi connectivity index (χ2n) is 7.45. The normalized spacial score (nSPS) is 14.8. The Hall–Kier alpha value is -2.92. The second-order valence-corrected chi connectivity index (χ2v) is 7.88. The van der Waals surface area contributed by atoms with Crippen LogP contribution in [0.5, 0.6) is 0 Å². The molecule has 6 heteroatoms. The Balaban J connectivity index is 1.41. The highest BCUT2D eigenvalue weighted by molar-refractivity contribution is 6.39. The molecule has 2 heterocycles. The largest absolute Gasteiger partial charge is 0.334 e. The maximum Gasteiger partial charge on any atom is 0.313 e. The molecule has 0 aliphatic carbocycles. The molecule has 3 aromatic rings. The summed E-state index contributed by atoms with van der Waals surface area (Å²) in [5.41, 5.74) is 4.02. The average Bonchev–Trinajstić information content (AvgIpc) is 2.74. The number of carbonyl (C=O) groups is 2. The molecule has 2 amide bonds. The zero-order valence-electron chi connectivity index (χ0n) is 16.2. The van der Waals surface area contributed by atoms with E-state index in [9.17, 15) is 9.59 Å². The number of rotatable bonds is 2. The van der Waals surface area contributed by atoms with Crippen LogP contribution in [0.2, 0.25) is 5.02 Å². The van der Waals surface area contributed by atoms with Gasteiger partial charge in [-0.05, 0) is 73.2 Å². The van der Waals surface area contributed by atoms with Crippen LogP contribution in [0.25, 0.3) is 10.9 Å². The van der Waals surface area contributed by atoms with Crippen LogP contribution in [0, 0.1) is 6.92 Å². The summed E-state index contributed by atoms with van der Waals surface area (Å²) in [5, 5.41) is 4.39. The number of halogens is 1. The minimum atomic E-state index is -0.615. The molecule has 1 saturated heterocycles. The van der Waals surface area contributed by atoms with E-state index in [1.807, 2.05) is 6.20 Å². The maximum atomic E-state index is 12.5. The van der Waals surface area contributed by atoms with Crippen molar-refractivity contribution in [3.63, 3.8) is 0 Å². The summed E-state index contributed by atoms with van der Waals surface area (Å²) in [7, 11) is 0. The monoisotopic (exact) mass is 407 g/mol. The molecule has 0 unspecified atom stereocenters. The highest BCUT2D eigenvalue weighted by Gasteiger charge is 2.28. The zero-order chi connectivity index (χ0) is 20.4. The van der Waals surface area contributed by atoms with Gasteiger partial charge in [-0.2, -0.15) is 0 Å². The Bertz CT molecular complexity index is 1060. The van der Waals surface area contributed by atoms with Crippen LogP contribution in [-0.4, -0.2) is 34.8 Å². The number of piperidine rings is 1. The van der Waals surface area contributed by atoms with Gasteiger partial charge >= 0.3 is 11.8 Å². The van der Waals surface area contributed by atoms with Gasteiger partial charge in [0.05, 0.1) is 5.52 Å². The van der Waals surface area contributed by atoms with Crippen LogP contribution in [0.3, 0.4) is 0 Å². The van der Waals surface area contributed by atoms with E-state index in [0.717, 1.165) is 18.4 Å². The fourth-order valence-electron chi connectivity index (χ4n) is 3.89. The average molecular weight is 408 g/mol. The molecular weight excluding hydrogens is 386 g/mol. The van der Waals surface area contributed by atoms with E-state index in [1.54, 1.807) is 29.2 Å². The Labute approximate surface area is 174 Å². The quantitative estimate of drug-likeness (QED) is 0.634. The number of aromatic nitrogens is 1. The van der Waals surface area contributed by atoms with Gasteiger partial charge in [0.1, 0.15) is 0 Å². The van der Waals surface area contributed by atoms with Crippen molar-refractivity contribution in [2.45, 2.75) is 25.7 Å². The number of anilines is 1. The number of hydrogen-bond donors (Lipinski definition) is 1. The van der Waals surface area contributed by atoms with Gasteiger partial charge in [0.2, 0.25) is 0 Å². The third kappa shape index (κ3) is 4.25. The number of pyridine rings is 1. The fourth-order valence-corrected chi connectivity index (χ4v) is 4.02. The SMILES string of the molecule is Cc1ccc2c(C3CCN(C(=O)C(=O)Nc4ccc(Cl)cc4)CC3)ccnc2c1. The summed E-state index contributed by atoms with van der Waals surface area (Å²) < 4.78 is 0. The summed E-state index contributed by atoms with van der Waals surface area (Å²) in [4.78, 5) is 31.0. The van der Waals surface area contributed by atoms with Crippen LogP contribution in [0.1, 0.15) is 29.9 Å². The van der Waals surface area contributed by atoms with Crippen LogP contribution in [0.4, 0.5) is 5.69 Å². The van der Waals surface area contributed by atoms with E-state index in [1.165, 1.54) is 16.5 Å². The van der Waals surface area contributed by atoms with Crippen molar-refractivity contribution < 1.29 is 9.59 Å². The number of nitrogens with one attached hydrogen (secondary N) is 1. The van der Waals surface area contributed by atoms with Gasteiger partial charge in [-0.15, -0.1) is 0 Å². The molecule has 148 valence electrons. The molecule has 0 saturated carbocycles. The predicted octanol–water partition coefficient (Wildman–Crippen LogP) is 4.54. The third-order valence-electron chi connectivity index (χ3n) is 5.45. The lowest BCUT2D eigenvalue weighted by molar-refractivity contribution is -0.143. The molecule has 5 nitrogen and oxygen atoms in total. The van der Waals surface area contributed by atoms with Gasteiger partial charge in [-0.25, -0.2) is 0 Å². The van der Waals surface area contributed by atoms with Gasteiger partial charge in [0.15, 0.2) is 0 Å². The minimum Gasteiger partial charge on any atom is -0.334 e. The van der Waals surface area contributed by atoms with E-state index in [0.29, 0.717) is 29.7 Å². The van der Waals surface area contributed by atoms with Crippen molar-refractivity contribution in [2.24, 2.45) is 0 Å². The van der Waals surface area contributed by atoms with Gasteiger partial charge in [0, 0.05) is 35.4 Å². The van der Waals surface area contributed by atoms with Crippen LogP contribution in [-0.2, 0) is 9.59 Å². The Kier molecular flexibility index (Phi) is 5.49. The number of amides is 2. The summed E-state index contributed by atoms with van der Waals surface area (Å²) in [6.07, 6.45) is 3.51. The summed E-state index contributed by atoms with van der Waals surface area (Å²) in [6.45, 7) is 3.19. The van der Waals surface area contributed by atoms with Crippen molar-refractivity contribution in [1.82, 2.24) is 9.88 Å². The molecule has 0 atom stereocenters. The van der Waals surface area contributed by atoms with Crippen molar-refractivity contribution >= 4 is 40.0 Å². The number of fused-ring (bicyclic) bond motifs is 1. The second kappa shape index (κ2) is 8.21. The van der Waals surface area contributed by atoms with Gasteiger partial charge in [0.25, 0.3) is 0 Å². The Morgan fingerprint density at radius 2 is 1.79 bits per heavy atom. The van der Waals surface area contributed by atoms with Gasteiger partial charge < -0.3 is 10.2 Å². The van der Waals surface area contributed by atoms with Crippen molar-refractivity contribution in [1.29, 1.82) is 0 Å². The Morgan fingerprint density at radius 3 is 2.52 bits per heavy atom. The van der Waals surface area contributed by atoms with Crippen LogP contribution >= 0.6 is 11.6 Å². The standard InChI is InChI=1S/C23H22ClN3O2/c1-15-2-7-20-19(8-11-25-21(20)14-15)16-9-12-27(13-10-16)23(29)22(28)26-18-5-3-17(24)4-6-18/h2-8,11,14,16H,9-10,12-13H2,1H3,(H,26,28). The van der Waals surface area contributed by atoms with Gasteiger partial charge in [-0.3, -0.25) is 14.6 Å². The molecule has 1 fully saturated rings. The maximum absolute atomic E-state index is 12.5. The highest BCUT2D eigenvalue weighted by Crippen LogP contribution is 2.32. The zero-order valence-corrected chi connectivity index (χ0v) is 16.9. The minimum absolute atomic E-state index is 0.353. The molecule has 0 radical (unpaired) electrons. The molecule has 0 bridgehead atoms. The van der Waals surface area contributed by atoms with Crippen molar-refractivity contribution in [2.75, 3.05) is 18.4 Å². The third-order valence-corrected chi connectivity index (χ3v) is 5.70. The Morgan fingerprint density at radius 1 is 1.07 bits per heavy atom. The van der Waals surface area contributed by atoms with Crippen LogP contribution in [0.15, 0.2) is 54.7 Å². The fraction of sp³-hybridized carbons (Fsp3) is 0.261. The lowest BCUT2D eigenvalue weighted by Gasteiger charge is -2.32. The van der Waals surface area contributed by atoms with Crippen molar-refractivity contribution in [3.05, 3.63) is 70.9 Å². The van der Waals surface area contributed by atoms with E-state index in [-0.39, 0.29) is 0 Å². The first kappa shape index (κ1) is 19.4. The molecule has 1 aliphatic heterocycles. The number of benzene rings is 2. The first-order valence-electron chi connectivity index (χ1n) is 9.72. The van der Waals surface area contributed by atoms with Crippen molar-refractivity contribution in [3.8, 4) is 0 Å². The first-order chi connectivity index (χ1) is 14.0. The van der Waals surface area contributed by atoms with Gasteiger partial charge in [-0.1, -0.05) is 23.7 Å². The van der Waals surface area contributed by atoms with Crippen LogP contribution < -0.4 is 5.32 Å². The predicted molar refractivity (Wildman–Crippen MR) is 115 cm³/mol. The molecule has 1 N–H and O–H groups in total. The van der Waals surface area contributed by atoms with E-state index >= 15 is 0 Å². The van der Waals surface area contributed by atoms with E-state index in [2.05, 4.69) is 41.5 Å². The number of hydrogen-bond acceptors (Lipinski definition) is 3. The number of likely N-dealkylation sites (tertiary alicyclic amines) is 1. The molecule has 0 spiro atoms. The summed E-state index contributed by atoms with van der Waals surface area (Å²) in [6, 6.07) is 15.1. The number of carbonyl (C=O) groups excluding carboxylic acids is 2. The molecule has 1 aliphatic rings. The lowest BCUT2D eigenvalue weighted by atomic mass is 9.87. The van der Waals surface area contributed by atoms with E-state index in [4.69, 9.17) is 11.6 Å². The molecule has 2 aromatic carbocycles. The first-order valence-corrected chi connectivity index (χ1v) is 10.1. The topological polar surface area (TPSA) is 62.3 Å². The summed E-state index contributed by atoms with van der Waals surface area (Å²) >= 11 is 5.85. The highest BCUT2D eigenvalue weighted by atomic mass is 35.5. The molecule has 1 aromatic heterocycles. The van der Waals surface area contributed by atoms with E-state index < -0.39 is 11.8 Å². The molecular formula is C23H22ClN3O2. The number of aryl methyl sites for hydroxylation is 1. The smallest absolute Gasteiger partial charge is 0.313 e. The molecule has 29 heavy (non-hydrogen) atoms. The molecule has 4 rings (SSSR count). The summed E-state index contributed by atoms with van der Waals surface area (Å²) in [5.74, 6) is -0.754. The number of nitrogens with zero attached hydrogens (tertiary/aromatic N) is 2.